The highest BCUT2D eigenvalue weighted by Crippen LogP contribution is 2.23. The van der Waals surface area contributed by atoms with Crippen LogP contribution >= 0.6 is 0 Å². The molecule has 1 aromatic rings. The van der Waals surface area contributed by atoms with E-state index in [1.807, 2.05) is 13.8 Å². The number of phenols is 1. The number of nitrogens with one attached hydrogen (secondary N) is 1. The normalized spacial score (nSPS) is 14.1. The second-order valence-electron chi connectivity index (χ2n) is 7.42. The first-order chi connectivity index (χ1) is 13.6. The quantitative estimate of drug-likeness (QED) is 0.228. The van der Waals surface area contributed by atoms with Crippen LogP contribution in [0.4, 0.5) is 0 Å². The van der Waals surface area contributed by atoms with Crippen molar-refractivity contribution in [3.05, 3.63) is 28.8 Å². The van der Waals surface area contributed by atoms with Crippen LogP contribution in [0.1, 0.15) is 42.9 Å². The number of aryl methyl sites for hydroxylation is 2. The molecular formula is C21H33N3O5. The van der Waals surface area contributed by atoms with Crippen LogP contribution in [0.15, 0.2) is 12.1 Å². The Kier molecular flexibility index (Phi) is 9.77. The first kappa shape index (κ1) is 24.6. The Labute approximate surface area is 172 Å². The highest BCUT2D eigenvalue weighted by Gasteiger charge is 2.31. The zero-order valence-electron chi connectivity index (χ0n) is 17.7. The molecule has 29 heavy (non-hydrogen) atoms. The lowest BCUT2D eigenvalue weighted by molar-refractivity contribution is -0.150. The van der Waals surface area contributed by atoms with Crippen LogP contribution in [0.2, 0.25) is 0 Å². The molecule has 0 saturated heterocycles. The standard InChI is InChI=1S/C21H33N3O5/c1-12-9-15(25)10-13(2)17(12)11-18(22)19(26)16(21(28)29-4)7-5-6-8-24-14(3)20(23)27/h9-10,14,16,18,24-25H,5-8,11,22H2,1-4H3,(H2,23,27)/t14-,16?,18+/m1/s1. The SMILES string of the molecule is COC(=O)C(CCCCN[C@H](C)C(N)=O)C(=O)[C@@H](N)Cc1c(C)cc(O)cc1C. The van der Waals surface area contributed by atoms with Crippen LogP contribution in [0.3, 0.4) is 0 Å². The number of esters is 1. The number of ketones is 1. The minimum Gasteiger partial charge on any atom is -0.508 e. The molecule has 6 N–H and O–H groups in total. The summed E-state index contributed by atoms with van der Waals surface area (Å²) in [7, 11) is 1.25. The van der Waals surface area contributed by atoms with Crippen molar-refractivity contribution >= 4 is 17.7 Å². The Bertz CT molecular complexity index is 712. The van der Waals surface area contributed by atoms with E-state index in [4.69, 9.17) is 16.2 Å². The van der Waals surface area contributed by atoms with Crippen molar-refractivity contribution in [3.63, 3.8) is 0 Å². The molecule has 162 valence electrons. The number of hydrogen-bond acceptors (Lipinski definition) is 7. The number of aromatic hydroxyl groups is 1. The second-order valence-corrected chi connectivity index (χ2v) is 7.42. The minimum atomic E-state index is -0.929. The monoisotopic (exact) mass is 407 g/mol. The van der Waals surface area contributed by atoms with Crippen LogP contribution < -0.4 is 16.8 Å². The van der Waals surface area contributed by atoms with E-state index in [2.05, 4.69) is 5.32 Å². The molecule has 3 atom stereocenters. The maximum atomic E-state index is 12.8. The van der Waals surface area contributed by atoms with Gasteiger partial charge in [0.25, 0.3) is 0 Å². The molecule has 0 spiro atoms. The van der Waals surface area contributed by atoms with Gasteiger partial charge in [-0.05, 0) is 75.4 Å². The van der Waals surface area contributed by atoms with Gasteiger partial charge < -0.3 is 26.6 Å². The van der Waals surface area contributed by atoms with Gasteiger partial charge in [0.1, 0.15) is 11.7 Å². The van der Waals surface area contributed by atoms with Crippen molar-refractivity contribution < 1.29 is 24.2 Å². The number of ether oxygens (including phenoxy) is 1. The summed E-state index contributed by atoms with van der Waals surface area (Å²) in [6.45, 7) is 5.91. The minimum absolute atomic E-state index is 0.162. The Morgan fingerprint density at radius 2 is 1.76 bits per heavy atom. The molecule has 0 heterocycles. The Morgan fingerprint density at radius 1 is 1.17 bits per heavy atom. The third-order valence-electron chi connectivity index (χ3n) is 5.10. The number of phenolic OH excluding ortho intramolecular Hbond substituents is 1. The van der Waals surface area contributed by atoms with Crippen molar-refractivity contribution in [1.29, 1.82) is 0 Å². The number of Topliss-reactive ketones (excluding diaryl/α,β-unsaturated/α-hetero) is 1. The van der Waals surface area contributed by atoms with Gasteiger partial charge in [0, 0.05) is 0 Å². The maximum Gasteiger partial charge on any atom is 0.316 e. The lowest BCUT2D eigenvalue weighted by Gasteiger charge is -2.20. The third kappa shape index (κ3) is 7.47. The van der Waals surface area contributed by atoms with E-state index in [1.165, 1.54) is 7.11 Å². The summed E-state index contributed by atoms with van der Waals surface area (Å²) in [5, 5.41) is 12.6. The Morgan fingerprint density at radius 3 is 2.28 bits per heavy atom. The van der Waals surface area contributed by atoms with Crippen molar-refractivity contribution in [2.24, 2.45) is 17.4 Å². The van der Waals surface area contributed by atoms with Gasteiger partial charge in [0.2, 0.25) is 5.91 Å². The smallest absolute Gasteiger partial charge is 0.316 e. The average molecular weight is 408 g/mol. The highest BCUT2D eigenvalue weighted by atomic mass is 16.5. The van der Waals surface area contributed by atoms with Gasteiger partial charge in [0.15, 0.2) is 5.78 Å². The van der Waals surface area contributed by atoms with Crippen LogP contribution in [-0.2, 0) is 25.5 Å². The van der Waals surface area contributed by atoms with E-state index in [0.717, 1.165) is 16.7 Å². The fraction of sp³-hybridized carbons (Fsp3) is 0.571. The van der Waals surface area contributed by atoms with Gasteiger partial charge in [-0.25, -0.2) is 0 Å². The molecule has 0 aliphatic carbocycles. The van der Waals surface area contributed by atoms with Crippen LogP contribution in [-0.4, -0.2) is 48.5 Å². The molecule has 0 aromatic heterocycles. The number of hydrogen-bond donors (Lipinski definition) is 4. The molecule has 0 aliphatic heterocycles. The van der Waals surface area contributed by atoms with Gasteiger partial charge in [-0.2, -0.15) is 0 Å². The van der Waals surface area contributed by atoms with E-state index < -0.39 is 29.9 Å². The molecule has 1 unspecified atom stereocenters. The molecular weight excluding hydrogens is 374 g/mol. The Hall–Kier alpha value is -2.45. The molecule has 1 amide bonds. The van der Waals surface area contributed by atoms with Gasteiger partial charge >= 0.3 is 5.97 Å². The first-order valence-electron chi connectivity index (χ1n) is 9.77. The number of rotatable bonds is 12. The third-order valence-corrected chi connectivity index (χ3v) is 5.10. The van der Waals surface area contributed by atoms with E-state index in [-0.39, 0.29) is 18.0 Å². The molecule has 0 aliphatic rings. The van der Waals surface area contributed by atoms with Gasteiger partial charge in [-0.1, -0.05) is 6.42 Å². The zero-order chi connectivity index (χ0) is 22.1. The fourth-order valence-electron chi connectivity index (χ4n) is 3.28. The summed E-state index contributed by atoms with van der Waals surface area (Å²) in [5.41, 5.74) is 13.9. The van der Waals surface area contributed by atoms with Crippen LogP contribution in [0.25, 0.3) is 0 Å². The second kappa shape index (κ2) is 11.5. The maximum absolute atomic E-state index is 12.8. The first-order valence-corrected chi connectivity index (χ1v) is 9.77. The van der Waals surface area contributed by atoms with E-state index in [9.17, 15) is 19.5 Å². The van der Waals surface area contributed by atoms with E-state index in [0.29, 0.717) is 25.8 Å². The number of methoxy groups -OCH3 is 1. The predicted molar refractivity (Wildman–Crippen MR) is 110 cm³/mol. The Balaban J connectivity index is 2.71. The van der Waals surface area contributed by atoms with Gasteiger partial charge in [-0.15, -0.1) is 0 Å². The molecule has 8 heteroatoms. The molecule has 0 radical (unpaired) electrons. The summed E-state index contributed by atoms with van der Waals surface area (Å²) >= 11 is 0. The van der Waals surface area contributed by atoms with Crippen LogP contribution in [0, 0.1) is 19.8 Å². The van der Waals surface area contributed by atoms with Crippen molar-refractivity contribution in [2.75, 3.05) is 13.7 Å². The highest BCUT2D eigenvalue weighted by molar-refractivity contribution is 6.01. The van der Waals surface area contributed by atoms with Gasteiger partial charge in [0.05, 0.1) is 19.2 Å². The fourth-order valence-corrected chi connectivity index (χ4v) is 3.28. The summed E-state index contributed by atoms with van der Waals surface area (Å²) < 4.78 is 4.80. The largest absolute Gasteiger partial charge is 0.508 e. The lowest BCUT2D eigenvalue weighted by Crippen LogP contribution is -2.41. The summed E-state index contributed by atoms with van der Waals surface area (Å²) in [6, 6.07) is 1.96. The predicted octanol–water partition coefficient (Wildman–Crippen LogP) is 0.871. The van der Waals surface area contributed by atoms with E-state index >= 15 is 0 Å². The topological polar surface area (TPSA) is 145 Å². The molecule has 0 bridgehead atoms. The number of amides is 1. The molecule has 8 nitrogen and oxygen atoms in total. The molecule has 1 rings (SSSR count). The number of nitrogens with two attached hydrogens (primary N) is 2. The molecule has 0 fully saturated rings. The van der Waals surface area contributed by atoms with Crippen molar-refractivity contribution in [1.82, 2.24) is 5.32 Å². The average Bonchev–Trinajstić information content (AvgIpc) is 2.65. The van der Waals surface area contributed by atoms with Crippen molar-refractivity contribution in [3.8, 4) is 5.75 Å². The number of benzene rings is 1. The van der Waals surface area contributed by atoms with Crippen molar-refractivity contribution in [2.45, 2.75) is 58.5 Å². The lowest BCUT2D eigenvalue weighted by atomic mass is 9.88. The summed E-state index contributed by atoms with van der Waals surface area (Å²) in [4.78, 5) is 36.0. The summed E-state index contributed by atoms with van der Waals surface area (Å²) in [5.74, 6) is -2.15. The summed E-state index contributed by atoms with van der Waals surface area (Å²) in [6.07, 6.45) is 1.86. The number of carbonyl (C=O) groups excluding carboxylic acids is 3. The number of primary amides is 1. The number of unbranched alkanes of at least 4 members (excludes halogenated alkanes) is 1. The van der Waals surface area contributed by atoms with Crippen LogP contribution in [0.5, 0.6) is 5.75 Å². The zero-order valence-corrected chi connectivity index (χ0v) is 17.7. The van der Waals surface area contributed by atoms with Gasteiger partial charge in [-0.3, -0.25) is 14.4 Å². The molecule has 0 saturated carbocycles. The molecule has 1 aromatic carbocycles. The number of carbonyl (C=O) groups is 3. The van der Waals surface area contributed by atoms with E-state index in [1.54, 1.807) is 19.1 Å².